The summed E-state index contributed by atoms with van der Waals surface area (Å²) < 4.78 is 0. The monoisotopic (exact) mass is 896 g/mol. The zero-order valence-electron chi connectivity index (χ0n) is 38.9. The summed E-state index contributed by atoms with van der Waals surface area (Å²) in [7, 11) is -2.13. The summed E-state index contributed by atoms with van der Waals surface area (Å²) in [5.41, 5.74) is 18.1. The molecule has 13 rings (SSSR count). The zero-order valence-corrected chi connectivity index (χ0v) is 40.6. The minimum atomic E-state index is -1.09. The van der Waals surface area contributed by atoms with Crippen LogP contribution in [0.3, 0.4) is 0 Å². The molecule has 2 aliphatic rings. The van der Waals surface area contributed by atoms with E-state index in [4.69, 9.17) is 0 Å². The lowest BCUT2D eigenvalue weighted by molar-refractivity contribution is 0.794. The van der Waals surface area contributed by atoms with Gasteiger partial charge in [-0.1, -0.05) is 176 Å². The lowest BCUT2D eigenvalue weighted by Gasteiger charge is -2.31. The number of benzene rings is 11. The van der Waals surface area contributed by atoms with E-state index in [1.807, 2.05) is 0 Å². The molecule has 0 heterocycles. The molecule has 0 saturated heterocycles. The normalized spacial score (nSPS) is 14.1. The highest BCUT2D eigenvalue weighted by atomic mass is 32.3. The Balaban J connectivity index is 1.18. The second-order valence-corrected chi connectivity index (χ2v) is 28.5. The molecule has 0 aromatic heterocycles. The van der Waals surface area contributed by atoms with Crippen molar-refractivity contribution in [3.63, 3.8) is 0 Å². The highest BCUT2D eigenvalue weighted by Crippen LogP contribution is 2.64. The summed E-state index contributed by atoms with van der Waals surface area (Å²) in [5, 5.41) is 10.4. The van der Waals surface area contributed by atoms with Crippen molar-refractivity contribution < 1.29 is 0 Å². The molecule has 324 valence electrons. The molecule has 0 saturated carbocycles. The molecule has 0 fully saturated rings. The fraction of sp³-hybridized carbons (Fsp3) is 0.108. The van der Waals surface area contributed by atoms with Crippen molar-refractivity contribution in [2.75, 3.05) is 37.5 Å². The summed E-state index contributed by atoms with van der Waals surface area (Å²) in [6, 6.07) is 79.3. The number of hydrogen-bond donors (Lipinski definition) is 0. The molecule has 11 aromatic rings. The third-order valence-corrected chi connectivity index (χ3v) is 18.3. The van der Waals surface area contributed by atoms with Crippen LogP contribution < -0.4 is 0 Å². The van der Waals surface area contributed by atoms with Crippen molar-refractivity contribution in [2.24, 2.45) is 0 Å². The maximum atomic E-state index is 2.58. The smallest absolute Gasteiger partial charge is 0.0725 e. The molecule has 0 atom stereocenters. The van der Waals surface area contributed by atoms with Crippen LogP contribution >= 0.6 is 20.1 Å². The zero-order chi connectivity index (χ0) is 45.4. The highest BCUT2D eigenvalue weighted by Gasteiger charge is 2.51. The van der Waals surface area contributed by atoms with Crippen LogP contribution in [0.2, 0.25) is 0 Å². The minimum absolute atomic E-state index is 0.422. The number of rotatable bonds is 5. The van der Waals surface area contributed by atoms with Crippen molar-refractivity contribution in [3.05, 3.63) is 229 Å². The quantitative estimate of drug-likeness (QED) is 0.151. The largest absolute Gasteiger partial charge is 0.223 e. The van der Waals surface area contributed by atoms with Gasteiger partial charge in [0, 0.05) is 0 Å². The van der Waals surface area contributed by atoms with Crippen LogP contribution in [0.15, 0.2) is 216 Å². The Morgan fingerprint density at radius 1 is 0.254 bits per heavy atom. The van der Waals surface area contributed by atoms with Gasteiger partial charge in [0.05, 0.1) is 5.41 Å². The molecule has 0 radical (unpaired) electrons. The Morgan fingerprint density at radius 3 is 1.06 bits per heavy atom. The first-order chi connectivity index (χ1) is 32.5. The van der Waals surface area contributed by atoms with Gasteiger partial charge in [0.2, 0.25) is 0 Å². The third kappa shape index (κ3) is 5.76. The lowest BCUT2D eigenvalue weighted by Crippen LogP contribution is -2.25. The van der Waals surface area contributed by atoms with E-state index >= 15 is 0 Å². The van der Waals surface area contributed by atoms with Gasteiger partial charge in [0.25, 0.3) is 0 Å². The van der Waals surface area contributed by atoms with Crippen LogP contribution in [0, 0.1) is 0 Å². The summed E-state index contributed by atoms with van der Waals surface area (Å²) in [6.45, 7) is 0. The van der Waals surface area contributed by atoms with Gasteiger partial charge in [0.15, 0.2) is 0 Å². The second-order valence-electron chi connectivity index (χ2n) is 20.2. The SMILES string of the molecule is CS(C)(C)c1ccc2c(-c3ccccc3)c3ccccc3c(-c3c4ccccc4c(-c4ccc5c(c4)C4(c6ccccc6-c6ccccc64)c4ccccc4-5)c4ccc(S(C)(C)C)cc34)c2c1. The number of hydrogen-bond acceptors (Lipinski definition) is 0. The Kier molecular flexibility index (Phi) is 8.80. The Bertz CT molecular complexity index is 3820. The standard InChI is InChI=1S/C65H52S2/c1-66(2,3)43-33-36-53-55(39-43)63(51-27-12-10-25-49(51)61(53)41-20-8-7-9-21-41)64-52-28-13-11-26-50(52)62(54-37-34-44(40-56(54)64)67(4,5)6)42-32-35-48-47-24-16-19-31-59(47)65(60(48)38-42)57-29-17-14-22-45(57)46-23-15-18-30-58(46)65/h7-40H,1-6H3. The summed E-state index contributed by atoms with van der Waals surface area (Å²) in [4.78, 5) is 2.84. The summed E-state index contributed by atoms with van der Waals surface area (Å²) in [6.07, 6.45) is 14.6. The predicted molar refractivity (Wildman–Crippen MR) is 296 cm³/mol. The molecule has 0 nitrogen and oxygen atoms in total. The Labute approximate surface area is 397 Å². The molecule has 2 aliphatic carbocycles. The van der Waals surface area contributed by atoms with Crippen LogP contribution in [0.4, 0.5) is 0 Å². The summed E-state index contributed by atoms with van der Waals surface area (Å²) >= 11 is 0. The highest BCUT2D eigenvalue weighted by molar-refractivity contribution is 8.32. The van der Waals surface area contributed by atoms with Crippen molar-refractivity contribution in [2.45, 2.75) is 15.2 Å². The maximum Gasteiger partial charge on any atom is 0.0725 e. The fourth-order valence-electron chi connectivity index (χ4n) is 12.1. The third-order valence-electron chi connectivity index (χ3n) is 15.0. The molecular formula is C65H52S2. The van der Waals surface area contributed by atoms with Crippen LogP contribution in [-0.4, -0.2) is 37.5 Å². The van der Waals surface area contributed by atoms with Crippen LogP contribution in [0.25, 0.3) is 98.7 Å². The second kappa shape index (κ2) is 14.6. The van der Waals surface area contributed by atoms with E-state index in [1.165, 1.54) is 131 Å². The molecule has 0 bridgehead atoms. The lowest BCUT2D eigenvalue weighted by atomic mass is 9.70. The molecule has 11 aromatic carbocycles. The van der Waals surface area contributed by atoms with E-state index in [-0.39, 0.29) is 0 Å². The van der Waals surface area contributed by atoms with E-state index in [0.29, 0.717) is 0 Å². The van der Waals surface area contributed by atoms with Gasteiger partial charge in [-0.15, -0.1) is 0 Å². The van der Waals surface area contributed by atoms with Crippen molar-refractivity contribution in [3.8, 4) is 55.6 Å². The number of fused-ring (bicyclic) bond motifs is 14. The topological polar surface area (TPSA) is 0 Å². The average Bonchev–Trinajstić information content (AvgIpc) is 3.81. The van der Waals surface area contributed by atoms with E-state index in [0.717, 1.165) is 0 Å². The first-order valence-corrected chi connectivity index (χ1v) is 29.1. The van der Waals surface area contributed by atoms with Crippen LogP contribution in [0.1, 0.15) is 22.3 Å². The van der Waals surface area contributed by atoms with Crippen LogP contribution in [-0.2, 0) is 5.41 Å². The average molecular weight is 897 g/mol. The van der Waals surface area contributed by atoms with Crippen molar-refractivity contribution >= 4 is 63.1 Å². The molecule has 0 amide bonds. The minimum Gasteiger partial charge on any atom is -0.223 e. The van der Waals surface area contributed by atoms with Crippen molar-refractivity contribution in [1.29, 1.82) is 0 Å². The van der Waals surface area contributed by atoms with Gasteiger partial charge >= 0.3 is 0 Å². The molecule has 1 spiro atoms. The molecular weight excluding hydrogens is 845 g/mol. The van der Waals surface area contributed by atoms with E-state index < -0.39 is 25.5 Å². The molecule has 2 heteroatoms. The summed E-state index contributed by atoms with van der Waals surface area (Å²) in [5.74, 6) is 0. The molecule has 0 aliphatic heterocycles. The van der Waals surface area contributed by atoms with E-state index in [9.17, 15) is 0 Å². The van der Waals surface area contributed by atoms with Gasteiger partial charge in [0.1, 0.15) is 0 Å². The van der Waals surface area contributed by atoms with E-state index in [2.05, 4.69) is 244 Å². The first-order valence-electron chi connectivity index (χ1n) is 23.4. The van der Waals surface area contributed by atoms with Gasteiger partial charge in [-0.05, 0) is 199 Å². The Hall–Kier alpha value is -6.84. The van der Waals surface area contributed by atoms with Gasteiger partial charge in [-0.2, -0.15) is 0 Å². The van der Waals surface area contributed by atoms with E-state index in [1.54, 1.807) is 0 Å². The molecule has 0 unspecified atom stereocenters. The van der Waals surface area contributed by atoms with Gasteiger partial charge in [-0.3, -0.25) is 0 Å². The predicted octanol–water partition coefficient (Wildman–Crippen LogP) is 17.7. The fourth-order valence-corrected chi connectivity index (χ4v) is 14.0. The van der Waals surface area contributed by atoms with Crippen molar-refractivity contribution in [1.82, 2.24) is 0 Å². The van der Waals surface area contributed by atoms with Crippen LogP contribution in [0.5, 0.6) is 0 Å². The first kappa shape index (κ1) is 40.4. The van der Waals surface area contributed by atoms with Gasteiger partial charge < -0.3 is 0 Å². The molecule has 0 N–H and O–H groups in total. The maximum absolute atomic E-state index is 2.58. The Morgan fingerprint density at radius 2 is 0.612 bits per heavy atom. The van der Waals surface area contributed by atoms with Gasteiger partial charge in [-0.25, -0.2) is 20.1 Å². The molecule has 67 heavy (non-hydrogen) atoms.